The first-order chi connectivity index (χ1) is 16.1. The van der Waals surface area contributed by atoms with Crippen LogP contribution in [0.15, 0.2) is 60.8 Å². The number of fused-ring (bicyclic) bond motifs is 2. The number of hydrogen-bond donors (Lipinski definition) is 2. The van der Waals surface area contributed by atoms with Crippen LogP contribution in [0.2, 0.25) is 0 Å². The average Bonchev–Trinajstić information content (AvgIpc) is 3.11. The molecule has 0 aliphatic carbocycles. The zero-order valence-electron chi connectivity index (χ0n) is 19.0. The van der Waals surface area contributed by atoms with Gasteiger partial charge in [0.05, 0.1) is 0 Å². The van der Waals surface area contributed by atoms with Crippen LogP contribution in [0.4, 0.5) is 17.6 Å². The lowest BCUT2D eigenvalue weighted by molar-refractivity contribution is 0.102. The first-order valence-corrected chi connectivity index (χ1v) is 11.4. The molecule has 7 heteroatoms. The van der Waals surface area contributed by atoms with Gasteiger partial charge >= 0.3 is 0 Å². The van der Waals surface area contributed by atoms with Gasteiger partial charge in [0.2, 0.25) is 5.95 Å². The van der Waals surface area contributed by atoms with E-state index in [1.54, 1.807) is 0 Å². The molecule has 0 bridgehead atoms. The minimum absolute atomic E-state index is 0.235. The minimum atomic E-state index is -0.235. The van der Waals surface area contributed by atoms with Gasteiger partial charge in [-0.25, -0.2) is 0 Å². The molecule has 0 saturated carbocycles. The smallest absolute Gasteiger partial charge is 0.275 e. The highest BCUT2D eigenvalue weighted by molar-refractivity contribution is 6.02. The Kier molecular flexibility index (Phi) is 5.69. The number of nitrogens with zero attached hydrogens (tertiary/aromatic N) is 4. The Morgan fingerprint density at radius 2 is 1.91 bits per heavy atom. The summed E-state index contributed by atoms with van der Waals surface area (Å²) >= 11 is 0. The molecule has 2 N–H and O–H groups in total. The monoisotopic (exact) mass is 440 g/mol. The van der Waals surface area contributed by atoms with E-state index in [0.717, 1.165) is 54.1 Å². The number of anilines is 3. The fraction of sp³-hybridized carbons (Fsp3) is 0.269. The van der Waals surface area contributed by atoms with Gasteiger partial charge in [-0.1, -0.05) is 36.4 Å². The van der Waals surface area contributed by atoms with Gasteiger partial charge in [0.15, 0.2) is 0 Å². The molecule has 4 heterocycles. The summed E-state index contributed by atoms with van der Waals surface area (Å²) in [6, 6.07) is 18.0. The van der Waals surface area contributed by atoms with Crippen LogP contribution in [0.3, 0.4) is 0 Å². The van der Waals surface area contributed by atoms with Crippen LogP contribution >= 0.6 is 0 Å². The lowest BCUT2D eigenvalue weighted by Crippen LogP contribution is -2.23. The van der Waals surface area contributed by atoms with Crippen LogP contribution in [-0.2, 0) is 13.0 Å². The van der Waals surface area contributed by atoms with Crippen LogP contribution in [0.25, 0.3) is 5.52 Å². The molecule has 1 aliphatic heterocycles. The van der Waals surface area contributed by atoms with Gasteiger partial charge in [-0.05, 0) is 55.5 Å². The SMILES string of the molecule is Cc1cc2cccc(C(=O)Nc3nc(NCc4ccccc4)c4c(n3)N(C)CCCC4)n2c1. The number of aromatic nitrogens is 3. The maximum atomic E-state index is 13.2. The average molecular weight is 441 g/mol. The second-order valence-electron chi connectivity index (χ2n) is 8.59. The molecule has 0 fully saturated rings. The van der Waals surface area contributed by atoms with Crippen LogP contribution in [-0.4, -0.2) is 33.9 Å². The Labute approximate surface area is 193 Å². The van der Waals surface area contributed by atoms with E-state index in [9.17, 15) is 4.79 Å². The van der Waals surface area contributed by atoms with Crippen molar-refractivity contribution in [2.75, 3.05) is 29.1 Å². The lowest BCUT2D eigenvalue weighted by atomic mass is 10.1. The third-order valence-electron chi connectivity index (χ3n) is 6.04. The van der Waals surface area contributed by atoms with E-state index in [1.807, 2.05) is 61.0 Å². The molecule has 168 valence electrons. The molecule has 0 saturated heterocycles. The summed E-state index contributed by atoms with van der Waals surface area (Å²) in [5, 5.41) is 6.43. The number of benzene rings is 1. The molecule has 33 heavy (non-hydrogen) atoms. The Morgan fingerprint density at radius 3 is 2.76 bits per heavy atom. The third kappa shape index (κ3) is 4.39. The van der Waals surface area contributed by atoms with Crippen molar-refractivity contribution in [2.45, 2.75) is 32.7 Å². The number of rotatable bonds is 5. The topological polar surface area (TPSA) is 74.6 Å². The van der Waals surface area contributed by atoms with Crippen LogP contribution < -0.4 is 15.5 Å². The summed E-state index contributed by atoms with van der Waals surface area (Å²) in [6.07, 6.45) is 5.05. The Morgan fingerprint density at radius 1 is 1.06 bits per heavy atom. The van der Waals surface area contributed by atoms with Crippen molar-refractivity contribution in [2.24, 2.45) is 0 Å². The normalized spacial score (nSPS) is 13.5. The molecule has 3 aromatic heterocycles. The maximum absolute atomic E-state index is 13.2. The summed E-state index contributed by atoms with van der Waals surface area (Å²) in [6.45, 7) is 3.60. The molecule has 0 radical (unpaired) electrons. The van der Waals surface area contributed by atoms with E-state index in [2.05, 4.69) is 33.7 Å². The molecule has 1 aliphatic rings. The van der Waals surface area contributed by atoms with E-state index in [-0.39, 0.29) is 5.91 Å². The minimum Gasteiger partial charge on any atom is -0.366 e. The molecular weight excluding hydrogens is 412 g/mol. The summed E-state index contributed by atoms with van der Waals surface area (Å²) < 4.78 is 1.90. The molecule has 7 nitrogen and oxygen atoms in total. The van der Waals surface area contributed by atoms with Gasteiger partial charge in [-0.2, -0.15) is 9.97 Å². The summed E-state index contributed by atoms with van der Waals surface area (Å²) in [5.41, 5.74) is 4.91. The molecule has 0 spiro atoms. The van der Waals surface area contributed by atoms with Crippen molar-refractivity contribution in [3.8, 4) is 0 Å². The molecule has 5 rings (SSSR count). The number of carbonyl (C=O) groups excluding carboxylic acids is 1. The highest BCUT2D eigenvalue weighted by Gasteiger charge is 2.21. The van der Waals surface area contributed by atoms with Gasteiger partial charge in [0, 0.05) is 37.4 Å². The molecule has 1 aromatic carbocycles. The largest absolute Gasteiger partial charge is 0.366 e. The molecule has 1 amide bonds. The number of carbonyl (C=O) groups is 1. The number of amides is 1. The van der Waals surface area contributed by atoms with E-state index >= 15 is 0 Å². The van der Waals surface area contributed by atoms with Crippen molar-refractivity contribution in [1.29, 1.82) is 0 Å². The fourth-order valence-corrected chi connectivity index (χ4v) is 4.38. The van der Waals surface area contributed by atoms with E-state index in [4.69, 9.17) is 9.97 Å². The van der Waals surface area contributed by atoms with E-state index < -0.39 is 0 Å². The molecular formula is C26H28N6O. The Bertz CT molecular complexity index is 1300. The Hall–Kier alpha value is -3.87. The molecule has 0 unspecified atom stereocenters. The van der Waals surface area contributed by atoms with Crippen LogP contribution in [0.1, 0.15) is 40.0 Å². The quantitative estimate of drug-likeness (QED) is 0.472. The standard InChI is InChI=1S/C26H28N6O/c1-18-15-20-11-8-13-22(32(20)17-18)25(33)30-26-28-23(27-16-19-9-4-3-5-10-19)21-12-6-7-14-31(2)24(21)29-26/h3-5,8-11,13,15,17H,6-7,12,14,16H2,1-2H3,(H2,27,28,29,30,33). The van der Waals surface area contributed by atoms with Crippen molar-refractivity contribution in [1.82, 2.24) is 14.4 Å². The van der Waals surface area contributed by atoms with Gasteiger partial charge in [-0.3, -0.25) is 10.1 Å². The van der Waals surface area contributed by atoms with Crippen molar-refractivity contribution in [3.63, 3.8) is 0 Å². The number of hydrogen-bond acceptors (Lipinski definition) is 5. The van der Waals surface area contributed by atoms with Crippen LogP contribution in [0.5, 0.6) is 0 Å². The zero-order valence-corrected chi connectivity index (χ0v) is 19.0. The predicted molar refractivity (Wildman–Crippen MR) is 132 cm³/mol. The summed E-state index contributed by atoms with van der Waals surface area (Å²) in [5.74, 6) is 1.73. The highest BCUT2D eigenvalue weighted by Crippen LogP contribution is 2.30. The summed E-state index contributed by atoms with van der Waals surface area (Å²) in [4.78, 5) is 24.8. The van der Waals surface area contributed by atoms with E-state index in [1.165, 1.54) is 5.56 Å². The highest BCUT2D eigenvalue weighted by atomic mass is 16.2. The van der Waals surface area contributed by atoms with Gasteiger partial charge in [0.25, 0.3) is 5.91 Å². The van der Waals surface area contributed by atoms with Gasteiger partial charge < -0.3 is 14.6 Å². The number of nitrogens with one attached hydrogen (secondary N) is 2. The van der Waals surface area contributed by atoms with Crippen LogP contribution in [0, 0.1) is 6.92 Å². The van der Waals surface area contributed by atoms with E-state index in [0.29, 0.717) is 18.2 Å². The third-order valence-corrected chi connectivity index (χ3v) is 6.04. The van der Waals surface area contributed by atoms with Crippen molar-refractivity contribution in [3.05, 3.63) is 83.2 Å². The first-order valence-electron chi connectivity index (χ1n) is 11.4. The van der Waals surface area contributed by atoms with Crippen molar-refractivity contribution >= 4 is 29.0 Å². The molecule has 0 atom stereocenters. The summed E-state index contributed by atoms with van der Waals surface area (Å²) in [7, 11) is 2.05. The second-order valence-corrected chi connectivity index (χ2v) is 8.59. The first kappa shape index (κ1) is 21.0. The zero-order chi connectivity index (χ0) is 22.8. The lowest BCUT2D eigenvalue weighted by Gasteiger charge is -2.21. The number of pyridine rings is 1. The van der Waals surface area contributed by atoms with Gasteiger partial charge in [-0.15, -0.1) is 0 Å². The Balaban J connectivity index is 1.48. The second kappa shape index (κ2) is 8.94. The number of aryl methyl sites for hydroxylation is 1. The van der Waals surface area contributed by atoms with Crippen molar-refractivity contribution < 1.29 is 4.79 Å². The predicted octanol–water partition coefficient (Wildman–Crippen LogP) is 4.67. The fourth-order valence-electron chi connectivity index (χ4n) is 4.38. The maximum Gasteiger partial charge on any atom is 0.275 e. The van der Waals surface area contributed by atoms with Gasteiger partial charge in [0.1, 0.15) is 17.3 Å². The molecule has 4 aromatic rings.